The van der Waals surface area contributed by atoms with Crippen LogP contribution < -0.4 is 14.8 Å². The summed E-state index contributed by atoms with van der Waals surface area (Å²) in [5, 5.41) is 7.45. The van der Waals surface area contributed by atoms with Gasteiger partial charge in [0.15, 0.2) is 18.1 Å². The minimum Gasteiger partial charge on any atom is -0.492 e. The fraction of sp³-hybridized carbons (Fsp3) is 0.222. The predicted molar refractivity (Wildman–Crippen MR) is 130 cm³/mol. The highest BCUT2D eigenvalue weighted by Crippen LogP contribution is 2.42. The molecule has 12 heteroatoms. The number of para-hydroxylation sites is 1. The van der Waals surface area contributed by atoms with Gasteiger partial charge in [0.2, 0.25) is 0 Å². The molecular weight excluding hydrogens is 525 g/mol. The van der Waals surface area contributed by atoms with E-state index in [-0.39, 0.29) is 24.5 Å². The molecule has 1 heterocycles. The summed E-state index contributed by atoms with van der Waals surface area (Å²) in [5.41, 5.74) is 0.0561. The summed E-state index contributed by atoms with van der Waals surface area (Å²) in [4.78, 5) is 25.3. The zero-order valence-corrected chi connectivity index (χ0v) is 20.5. The number of rotatable bonds is 9. The van der Waals surface area contributed by atoms with Crippen molar-refractivity contribution in [1.29, 1.82) is 0 Å². The molecule has 0 fully saturated rings. The molecule has 1 atom stereocenters. The fourth-order valence-corrected chi connectivity index (χ4v) is 4.13. The molecule has 0 aliphatic carbocycles. The number of carbonyl (C=O) groups is 2. The van der Waals surface area contributed by atoms with Gasteiger partial charge in [0.25, 0.3) is 11.8 Å². The van der Waals surface area contributed by atoms with Crippen LogP contribution >= 0.6 is 0 Å². The van der Waals surface area contributed by atoms with Crippen molar-refractivity contribution in [1.82, 2.24) is 10.3 Å². The van der Waals surface area contributed by atoms with Crippen LogP contribution in [-0.4, -0.2) is 49.5 Å². The molecule has 4 rings (SSSR count). The second-order valence-corrected chi connectivity index (χ2v) is 8.37. The standard InChI is InChI=1S/C27H22F5N3O4/c1-38-26-18(3-2-4-23(26)39-14-24(36)33-10-9-28)22-13-21(15-5-7-16(29)8-6-15)34-35(22)27(37)25-19(31)11-17(30)12-20(25)32/h2-8,11-12,22H,9-10,13-14H2,1H3,(H,33,36). The van der Waals surface area contributed by atoms with Crippen LogP contribution in [0.15, 0.2) is 59.7 Å². The number of carbonyl (C=O) groups excluding carboxylic acids is 2. The van der Waals surface area contributed by atoms with Crippen molar-refractivity contribution < 1.29 is 41.0 Å². The Labute approximate surface area is 219 Å². The number of hydrazone groups is 1. The molecule has 1 aliphatic heterocycles. The van der Waals surface area contributed by atoms with Gasteiger partial charge < -0.3 is 14.8 Å². The molecular formula is C27H22F5N3O4. The Morgan fingerprint density at radius 1 is 1.03 bits per heavy atom. The minimum absolute atomic E-state index is 0.0264. The van der Waals surface area contributed by atoms with Crippen molar-refractivity contribution in [2.75, 3.05) is 26.9 Å². The Kier molecular flexibility index (Phi) is 8.43. The normalized spacial score (nSPS) is 14.7. The van der Waals surface area contributed by atoms with Crippen LogP contribution in [0, 0.1) is 23.3 Å². The minimum atomic E-state index is -1.41. The molecule has 1 unspecified atom stereocenters. The first kappa shape index (κ1) is 27.6. The molecule has 3 aromatic carbocycles. The van der Waals surface area contributed by atoms with Gasteiger partial charge in [-0.2, -0.15) is 5.10 Å². The van der Waals surface area contributed by atoms with E-state index in [4.69, 9.17) is 9.47 Å². The topological polar surface area (TPSA) is 80.2 Å². The lowest BCUT2D eigenvalue weighted by Gasteiger charge is -2.25. The molecule has 0 bridgehead atoms. The van der Waals surface area contributed by atoms with E-state index in [1.54, 1.807) is 12.1 Å². The molecule has 0 saturated carbocycles. The quantitative estimate of drug-likeness (QED) is 0.394. The lowest BCUT2D eigenvalue weighted by Crippen LogP contribution is -2.30. The van der Waals surface area contributed by atoms with E-state index in [1.165, 1.54) is 37.4 Å². The SMILES string of the molecule is COc1c(OCC(=O)NCCF)cccc1C1CC(c2ccc(F)cc2)=NN1C(=O)c1c(F)cc(F)cc1F. The number of hydrogen-bond donors (Lipinski definition) is 1. The third-order valence-corrected chi connectivity index (χ3v) is 5.86. The number of hydrogen-bond acceptors (Lipinski definition) is 5. The van der Waals surface area contributed by atoms with Gasteiger partial charge in [-0.05, 0) is 23.8 Å². The molecule has 0 saturated heterocycles. The number of nitrogens with zero attached hydrogens (tertiary/aromatic N) is 2. The number of nitrogens with one attached hydrogen (secondary N) is 1. The molecule has 0 radical (unpaired) electrons. The highest BCUT2D eigenvalue weighted by Gasteiger charge is 2.38. The Bertz CT molecular complexity index is 1390. The van der Waals surface area contributed by atoms with Crippen molar-refractivity contribution >= 4 is 17.5 Å². The summed E-state index contributed by atoms with van der Waals surface area (Å²) >= 11 is 0. The van der Waals surface area contributed by atoms with E-state index in [0.29, 0.717) is 29.0 Å². The molecule has 2 amide bonds. The Balaban J connectivity index is 1.74. The lowest BCUT2D eigenvalue weighted by atomic mass is 9.97. The van der Waals surface area contributed by atoms with Gasteiger partial charge in [0.1, 0.15) is 35.5 Å². The third kappa shape index (κ3) is 6.00. The van der Waals surface area contributed by atoms with Crippen LogP contribution in [0.25, 0.3) is 0 Å². The van der Waals surface area contributed by atoms with Crippen LogP contribution in [0.2, 0.25) is 0 Å². The number of methoxy groups -OCH3 is 1. The summed E-state index contributed by atoms with van der Waals surface area (Å²) < 4.78 is 79.5. The first-order valence-corrected chi connectivity index (χ1v) is 11.7. The van der Waals surface area contributed by atoms with Crippen LogP contribution in [-0.2, 0) is 4.79 Å². The predicted octanol–water partition coefficient (Wildman–Crippen LogP) is 4.71. The van der Waals surface area contributed by atoms with Gasteiger partial charge in [-0.25, -0.2) is 27.0 Å². The van der Waals surface area contributed by atoms with Crippen molar-refractivity contribution in [3.05, 3.63) is 94.6 Å². The van der Waals surface area contributed by atoms with Crippen molar-refractivity contribution in [2.45, 2.75) is 12.5 Å². The first-order chi connectivity index (χ1) is 18.7. The highest BCUT2D eigenvalue weighted by molar-refractivity contribution is 6.05. The average Bonchev–Trinajstić information content (AvgIpc) is 3.35. The molecule has 0 aromatic heterocycles. The maximum Gasteiger partial charge on any atom is 0.280 e. The summed E-state index contributed by atoms with van der Waals surface area (Å²) in [6.45, 7) is -1.39. The summed E-state index contributed by atoms with van der Waals surface area (Å²) in [6.07, 6.45) is 0.0264. The van der Waals surface area contributed by atoms with Gasteiger partial charge in [-0.1, -0.05) is 24.3 Å². The molecule has 0 spiro atoms. The molecule has 3 aromatic rings. The zero-order chi connectivity index (χ0) is 28.1. The number of benzene rings is 3. The van der Waals surface area contributed by atoms with Crippen LogP contribution in [0.3, 0.4) is 0 Å². The van der Waals surface area contributed by atoms with Gasteiger partial charge >= 0.3 is 0 Å². The van der Waals surface area contributed by atoms with Crippen molar-refractivity contribution in [3.8, 4) is 11.5 Å². The van der Waals surface area contributed by atoms with E-state index >= 15 is 0 Å². The Morgan fingerprint density at radius 2 is 1.72 bits per heavy atom. The Hall–Kier alpha value is -4.48. The second kappa shape index (κ2) is 11.9. The van der Waals surface area contributed by atoms with E-state index in [0.717, 1.165) is 5.01 Å². The number of amides is 2. The van der Waals surface area contributed by atoms with Crippen LogP contribution in [0.4, 0.5) is 22.0 Å². The summed E-state index contributed by atoms with van der Waals surface area (Å²) in [5.74, 6) is -6.08. The van der Waals surface area contributed by atoms with E-state index in [9.17, 15) is 31.5 Å². The average molecular weight is 547 g/mol. The second-order valence-electron chi connectivity index (χ2n) is 8.37. The Morgan fingerprint density at radius 3 is 2.36 bits per heavy atom. The number of ether oxygens (including phenoxy) is 2. The summed E-state index contributed by atoms with van der Waals surface area (Å²) in [7, 11) is 1.32. The molecule has 39 heavy (non-hydrogen) atoms. The van der Waals surface area contributed by atoms with E-state index in [2.05, 4.69) is 10.4 Å². The maximum absolute atomic E-state index is 14.6. The van der Waals surface area contributed by atoms with Crippen molar-refractivity contribution in [2.24, 2.45) is 5.10 Å². The molecule has 204 valence electrons. The molecule has 1 N–H and O–H groups in total. The smallest absolute Gasteiger partial charge is 0.280 e. The molecule has 1 aliphatic rings. The van der Waals surface area contributed by atoms with E-state index < -0.39 is 60.0 Å². The lowest BCUT2D eigenvalue weighted by molar-refractivity contribution is -0.123. The van der Waals surface area contributed by atoms with Crippen LogP contribution in [0.1, 0.15) is 33.9 Å². The van der Waals surface area contributed by atoms with Gasteiger partial charge in [-0.3, -0.25) is 9.59 Å². The van der Waals surface area contributed by atoms with Gasteiger partial charge in [0, 0.05) is 30.7 Å². The summed E-state index contributed by atoms with van der Waals surface area (Å²) in [6, 6.07) is 9.65. The molecule has 7 nitrogen and oxygen atoms in total. The largest absolute Gasteiger partial charge is 0.492 e. The third-order valence-electron chi connectivity index (χ3n) is 5.86. The van der Waals surface area contributed by atoms with E-state index in [1.807, 2.05) is 0 Å². The zero-order valence-electron chi connectivity index (χ0n) is 20.5. The fourth-order valence-electron chi connectivity index (χ4n) is 4.13. The van der Waals surface area contributed by atoms with Gasteiger partial charge in [0.05, 0.1) is 18.9 Å². The highest BCUT2D eigenvalue weighted by atomic mass is 19.2. The van der Waals surface area contributed by atoms with Gasteiger partial charge in [-0.15, -0.1) is 0 Å². The number of halogens is 5. The van der Waals surface area contributed by atoms with Crippen LogP contribution in [0.5, 0.6) is 11.5 Å². The van der Waals surface area contributed by atoms with Crippen molar-refractivity contribution in [3.63, 3.8) is 0 Å². The first-order valence-electron chi connectivity index (χ1n) is 11.7. The number of alkyl halides is 1. The monoisotopic (exact) mass is 547 g/mol. The maximum atomic E-state index is 14.6.